The van der Waals surface area contributed by atoms with Crippen LogP contribution in [0.4, 0.5) is 5.00 Å². The minimum absolute atomic E-state index is 0.320. The highest BCUT2D eigenvalue weighted by Gasteiger charge is 2.20. The van der Waals surface area contributed by atoms with Crippen molar-refractivity contribution in [3.63, 3.8) is 0 Å². The summed E-state index contributed by atoms with van der Waals surface area (Å²) in [5.74, 6) is 0.917. The molecule has 2 heterocycles. The summed E-state index contributed by atoms with van der Waals surface area (Å²) in [5.41, 5.74) is 10.1. The molecule has 5 heteroatoms. The van der Waals surface area contributed by atoms with Gasteiger partial charge >= 0.3 is 0 Å². The van der Waals surface area contributed by atoms with Crippen molar-refractivity contribution in [1.29, 1.82) is 0 Å². The summed E-state index contributed by atoms with van der Waals surface area (Å²) in [5, 5.41) is 0.731. The van der Waals surface area contributed by atoms with Gasteiger partial charge in [-0.15, -0.1) is 0 Å². The first kappa shape index (κ1) is 12.2. The quantitative estimate of drug-likeness (QED) is 0.775. The maximum atomic E-state index is 6.07. The van der Waals surface area contributed by atoms with E-state index in [2.05, 4.69) is 28.9 Å². The number of rotatable bonds is 2. The van der Waals surface area contributed by atoms with Crippen LogP contribution in [0.15, 0.2) is 24.3 Å². The first-order valence-electron chi connectivity index (χ1n) is 6.28. The maximum Gasteiger partial charge on any atom is 0.146 e. The predicted molar refractivity (Wildman–Crippen MR) is 80.4 cm³/mol. The van der Waals surface area contributed by atoms with Crippen LogP contribution in [-0.4, -0.2) is 13.9 Å². The number of aryl methyl sites for hydroxylation is 1. The highest BCUT2D eigenvalue weighted by atomic mass is 32.1. The summed E-state index contributed by atoms with van der Waals surface area (Å²) < 4.78 is 6.55. The lowest BCUT2D eigenvalue weighted by Gasteiger charge is -2.13. The molecule has 0 amide bonds. The number of anilines is 1. The van der Waals surface area contributed by atoms with E-state index in [1.807, 2.05) is 25.1 Å². The van der Waals surface area contributed by atoms with Crippen LogP contribution < -0.4 is 5.73 Å². The molecule has 19 heavy (non-hydrogen) atoms. The molecule has 0 aliphatic carbocycles. The highest BCUT2D eigenvalue weighted by Crippen LogP contribution is 2.35. The Kier molecular flexibility index (Phi) is 2.78. The van der Waals surface area contributed by atoms with Crippen LogP contribution in [0.1, 0.15) is 25.6 Å². The van der Waals surface area contributed by atoms with E-state index < -0.39 is 0 Å². The number of nitrogens with two attached hydrogens (primary N) is 1. The number of hydrogen-bond donors (Lipinski definition) is 1. The van der Waals surface area contributed by atoms with Gasteiger partial charge in [-0.05, 0) is 44.4 Å². The van der Waals surface area contributed by atoms with E-state index in [-0.39, 0.29) is 0 Å². The fraction of sp³-hybridized carbons (Fsp3) is 0.286. The molecule has 3 rings (SSSR count). The Balaban J connectivity index is 2.38. The Morgan fingerprint density at radius 2 is 2.00 bits per heavy atom. The molecule has 4 nitrogen and oxygen atoms in total. The lowest BCUT2D eigenvalue weighted by molar-refractivity contribution is 0.624. The number of nitrogens with zero attached hydrogens (tertiary/aromatic N) is 3. The van der Waals surface area contributed by atoms with Crippen LogP contribution in [0.25, 0.3) is 22.4 Å². The molecule has 2 N–H and O–H groups in total. The fourth-order valence-corrected chi connectivity index (χ4v) is 3.06. The number of imidazole rings is 1. The van der Waals surface area contributed by atoms with Crippen molar-refractivity contribution in [3.8, 4) is 11.4 Å². The van der Waals surface area contributed by atoms with Gasteiger partial charge in [0.2, 0.25) is 0 Å². The molecule has 0 radical (unpaired) electrons. The normalized spacial score (nSPS) is 11.6. The first-order valence-corrected chi connectivity index (χ1v) is 7.06. The third-order valence-corrected chi connectivity index (χ3v) is 3.99. The molecular formula is C14H16N4S. The zero-order valence-electron chi connectivity index (χ0n) is 11.2. The summed E-state index contributed by atoms with van der Waals surface area (Å²) >= 11 is 1.33. The average molecular weight is 272 g/mol. The zero-order valence-corrected chi connectivity index (χ0v) is 12.0. The lowest BCUT2D eigenvalue weighted by Crippen LogP contribution is -2.04. The Labute approximate surface area is 116 Å². The largest absolute Gasteiger partial charge is 0.389 e. The van der Waals surface area contributed by atoms with E-state index in [9.17, 15) is 0 Å². The number of aromatic nitrogens is 3. The smallest absolute Gasteiger partial charge is 0.146 e. The third-order valence-electron chi connectivity index (χ3n) is 3.22. The standard InChI is InChI=1S/C14H16N4S/c1-8(2)18-11-7-5-4-6-10(11)16-14(18)12-9(3)17-19-13(12)15/h4-8H,15H2,1-3H3. The van der Waals surface area contributed by atoms with E-state index in [0.717, 1.165) is 33.1 Å². The van der Waals surface area contributed by atoms with Crippen LogP contribution in [-0.2, 0) is 0 Å². The van der Waals surface area contributed by atoms with Crippen molar-refractivity contribution in [2.24, 2.45) is 0 Å². The second-order valence-electron chi connectivity index (χ2n) is 4.90. The molecule has 0 saturated heterocycles. The Hall–Kier alpha value is -1.88. The van der Waals surface area contributed by atoms with E-state index in [4.69, 9.17) is 10.7 Å². The van der Waals surface area contributed by atoms with Crippen LogP contribution in [0.3, 0.4) is 0 Å². The third kappa shape index (κ3) is 1.81. The molecule has 3 aromatic rings. The van der Waals surface area contributed by atoms with Crippen LogP contribution in [0, 0.1) is 6.92 Å². The lowest BCUT2D eigenvalue weighted by atomic mass is 10.2. The molecule has 98 valence electrons. The number of para-hydroxylation sites is 2. The van der Waals surface area contributed by atoms with Gasteiger partial charge in [0.05, 0.1) is 22.3 Å². The fourth-order valence-electron chi connectivity index (χ4n) is 2.40. The second-order valence-corrected chi connectivity index (χ2v) is 5.70. The van der Waals surface area contributed by atoms with E-state index >= 15 is 0 Å². The Bertz CT molecular complexity index is 720. The number of nitrogen functional groups attached to an aromatic ring is 1. The van der Waals surface area contributed by atoms with Crippen molar-refractivity contribution in [1.82, 2.24) is 13.9 Å². The van der Waals surface area contributed by atoms with Gasteiger partial charge in [0.15, 0.2) is 0 Å². The number of fused-ring (bicyclic) bond motifs is 1. The van der Waals surface area contributed by atoms with Gasteiger partial charge in [0.1, 0.15) is 10.8 Å². The molecule has 0 spiro atoms. The van der Waals surface area contributed by atoms with Gasteiger partial charge < -0.3 is 10.3 Å². The van der Waals surface area contributed by atoms with Crippen molar-refractivity contribution in [3.05, 3.63) is 30.0 Å². The molecule has 1 aromatic carbocycles. The number of hydrogen-bond acceptors (Lipinski definition) is 4. The highest BCUT2D eigenvalue weighted by molar-refractivity contribution is 7.10. The number of benzene rings is 1. The predicted octanol–water partition coefficient (Wildman–Crippen LogP) is 3.63. The van der Waals surface area contributed by atoms with Gasteiger partial charge in [-0.3, -0.25) is 0 Å². The maximum absolute atomic E-state index is 6.07. The topological polar surface area (TPSA) is 56.7 Å². The van der Waals surface area contributed by atoms with Gasteiger partial charge in [-0.2, -0.15) is 4.37 Å². The summed E-state index contributed by atoms with van der Waals surface area (Å²) in [6, 6.07) is 8.49. The first-order chi connectivity index (χ1) is 9.09. The van der Waals surface area contributed by atoms with Crippen molar-refractivity contribution in [2.45, 2.75) is 26.8 Å². The molecular weight excluding hydrogens is 256 g/mol. The molecule has 0 unspecified atom stereocenters. The van der Waals surface area contributed by atoms with E-state index in [0.29, 0.717) is 6.04 Å². The molecule has 2 aromatic heterocycles. The second kappa shape index (κ2) is 4.35. The SMILES string of the molecule is Cc1nsc(N)c1-c1nc2ccccc2n1C(C)C. The van der Waals surface area contributed by atoms with E-state index in [1.54, 1.807) is 0 Å². The Morgan fingerprint density at radius 3 is 2.63 bits per heavy atom. The van der Waals surface area contributed by atoms with Crippen LogP contribution in [0.2, 0.25) is 0 Å². The average Bonchev–Trinajstić information content (AvgIpc) is 2.89. The van der Waals surface area contributed by atoms with Gasteiger partial charge in [0.25, 0.3) is 0 Å². The van der Waals surface area contributed by atoms with Gasteiger partial charge in [0, 0.05) is 6.04 Å². The summed E-state index contributed by atoms with van der Waals surface area (Å²) in [4.78, 5) is 4.75. The van der Waals surface area contributed by atoms with Gasteiger partial charge in [-0.1, -0.05) is 12.1 Å². The molecule has 0 fully saturated rings. The summed E-state index contributed by atoms with van der Waals surface area (Å²) in [6.07, 6.45) is 0. The summed E-state index contributed by atoms with van der Waals surface area (Å²) in [7, 11) is 0. The zero-order chi connectivity index (χ0) is 13.6. The van der Waals surface area contributed by atoms with Crippen molar-refractivity contribution >= 4 is 27.6 Å². The van der Waals surface area contributed by atoms with Crippen LogP contribution in [0.5, 0.6) is 0 Å². The summed E-state index contributed by atoms with van der Waals surface area (Å²) in [6.45, 7) is 6.29. The minimum atomic E-state index is 0.320. The minimum Gasteiger partial charge on any atom is -0.389 e. The van der Waals surface area contributed by atoms with Crippen LogP contribution >= 0.6 is 11.5 Å². The Morgan fingerprint density at radius 1 is 1.26 bits per heavy atom. The monoisotopic (exact) mass is 272 g/mol. The molecule has 0 aliphatic heterocycles. The van der Waals surface area contributed by atoms with Crippen molar-refractivity contribution < 1.29 is 0 Å². The molecule has 0 aliphatic rings. The van der Waals surface area contributed by atoms with Crippen molar-refractivity contribution in [2.75, 3.05) is 5.73 Å². The molecule has 0 bridgehead atoms. The molecule has 0 atom stereocenters. The molecule has 0 saturated carbocycles. The van der Waals surface area contributed by atoms with Gasteiger partial charge in [-0.25, -0.2) is 4.98 Å². The van der Waals surface area contributed by atoms with E-state index in [1.165, 1.54) is 11.5 Å².